The Labute approximate surface area is 228 Å². The Hall–Kier alpha value is -1.05. The van der Waals surface area contributed by atoms with E-state index < -0.39 is 35.7 Å². The van der Waals surface area contributed by atoms with Crippen LogP contribution >= 0.6 is 0 Å². The van der Waals surface area contributed by atoms with Crippen LogP contribution in [0.4, 0.5) is 17.6 Å². The molecule has 8 nitrogen and oxygen atoms in total. The zero-order valence-corrected chi connectivity index (χ0v) is 22.8. The van der Waals surface area contributed by atoms with Crippen molar-refractivity contribution in [3.05, 3.63) is 0 Å². The van der Waals surface area contributed by atoms with E-state index in [4.69, 9.17) is 9.47 Å². The second kappa shape index (κ2) is 11.0. The van der Waals surface area contributed by atoms with Crippen LogP contribution in [0.5, 0.6) is 0 Å². The van der Waals surface area contributed by atoms with Crippen LogP contribution in [0.1, 0.15) is 51.4 Å². The Morgan fingerprint density at radius 1 is 1.10 bits per heavy atom. The highest BCUT2D eigenvalue weighted by Gasteiger charge is 2.58. The Bertz CT molecular complexity index is 884. The van der Waals surface area contributed by atoms with Crippen LogP contribution in [0.25, 0.3) is 0 Å². The highest BCUT2D eigenvalue weighted by atomic mass is 19.4. The number of ether oxygens (including phenoxy) is 2. The first-order valence-electron chi connectivity index (χ1n) is 14.8. The highest BCUT2D eigenvalue weighted by Crippen LogP contribution is 2.51. The van der Waals surface area contributed by atoms with Crippen LogP contribution in [0.15, 0.2) is 0 Å². The third kappa shape index (κ3) is 5.58. The first kappa shape index (κ1) is 28.1. The molecule has 0 radical (unpaired) electrons. The fourth-order valence-corrected chi connectivity index (χ4v) is 8.24. The minimum atomic E-state index is -4.32. The van der Waals surface area contributed by atoms with E-state index in [1.807, 2.05) is 16.8 Å². The summed E-state index contributed by atoms with van der Waals surface area (Å²) in [4.78, 5) is 19.7. The van der Waals surface area contributed by atoms with Crippen molar-refractivity contribution in [1.82, 2.24) is 25.6 Å². The molecule has 4 aliphatic heterocycles. The van der Waals surface area contributed by atoms with E-state index in [-0.39, 0.29) is 43.1 Å². The fourth-order valence-electron chi connectivity index (χ4n) is 8.24. The molecule has 222 valence electrons. The van der Waals surface area contributed by atoms with E-state index in [0.29, 0.717) is 58.8 Å². The number of rotatable bonds is 6. The average molecular weight is 562 g/mol. The van der Waals surface area contributed by atoms with Gasteiger partial charge in [0.2, 0.25) is 5.91 Å². The zero-order chi connectivity index (χ0) is 27.4. The lowest BCUT2D eigenvalue weighted by atomic mass is 9.68. The van der Waals surface area contributed by atoms with Crippen LogP contribution in [-0.4, -0.2) is 104 Å². The Balaban J connectivity index is 1.14. The molecule has 4 saturated heterocycles. The maximum atomic E-state index is 14.3. The second-order valence-electron chi connectivity index (χ2n) is 13.0. The maximum Gasteiger partial charge on any atom is 0.392 e. The first-order valence-corrected chi connectivity index (χ1v) is 14.8. The summed E-state index contributed by atoms with van der Waals surface area (Å²) in [5, 5.41) is 0. The van der Waals surface area contributed by atoms with E-state index in [1.165, 1.54) is 0 Å². The summed E-state index contributed by atoms with van der Waals surface area (Å²) in [6.45, 7) is 3.55. The number of halogens is 4. The van der Waals surface area contributed by atoms with Crippen LogP contribution in [-0.2, 0) is 14.3 Å². The van der Waals surface area contributed by atoms with Gasteiger partial charge in [0.05, 0.1) is 25.8 Å². The Morgan fingerprint density at radius 3 is 2.51 bits per heavy atom. The van der Waals surface area contributed by atoms with Crippen molar-refractivity contribution in [3.63, 3.8) is 0 Å². The van der Waals surface area contributed by atoms with Gasteiger partial charge in [-0.3, -0.25) is 9.69 Å². The molecular weight excluding hydrogens is 518 g/mol. The van der Waals surface area contributed by atoms with E-state index in [9.17, 15) is 22.4 Å². The fraction of sp³-hybridized carbons (Fsp3) is 0.963. The Kier molecular flexibility index (Phi) is 7.91. The molecule has 6 rings (SSSR count). The van der Waals surface area contributed by atoms with Gasteiger partial charge in [-0.25, -0.2) is 15.2 Å². The summed E-state index contributed by atoms with van der Waals surface area (Å²) in [5.41, 5.74) is 5.77. The van der Waals surface area contributed by atoms with Gasteiger partial charge in [0.25, 0.3) is 0 Å². The largest absolute Gasteiger partial charge is 0.392 e. The number of hydrogen-bond acceptors (Lipinski definition) is 7. The number of nitrogens with zero attached hydrogens (tertiary/aromatic N) is 3. The smallest absolute Gasteiger partial charge is 0.375 e. The number of amides is 1. The van der Waals surface area contributed by atoms with Gasteiger partial charge in [-0.05, 0) is 69.7 Å². The number of hydrogen-bond donors (Lipinski definition) is 2. The molecule has 6 fully saturated rings. The third-order valence-electron chi connectivity index (χ3n) is 10.5. The molecule has 0 aromatic carbocycles. The summed E-state index contributed by atoms with van der Waals surface area (Å²) >= 11 is 0. The van der Waals surface area contributed by atoms with Gasteiger partial charge in [-0.15, -0.1) is 0 Å². The number of alkyl halides is 4. The van der Waals surface area contributed by atoms with Gasteiger partial charge in [0.15, 0.2) is 6.35 Å². The molecule has 0 spiro atoms. The van der Waals surface area contributed by atoms with Gasteiger partial charge in [0.1, 0.15) is 11.8 Å². The van der Waals surface area contributed by atoms with E-state index in [0.717, 1.165) is 25.7 Å². The van der Waals surface area contributed by atoms with Gasteiger partial charge in [-0.2, -0.15) is 13.2 Å². The number of likely N-dealkylation sites (tertiary alicyclic amines) is 2. The molecule has 39 heavy (non-hydrogen) atoms. The molecule has 0 aromatic rings. The van der Waals surface area contributed by atoms with Gasteiger partial charge >= 0.3 is 6.18 Å². The standard InChI is InChI=1S/C27H43F4N5O3/c1-34-16-32-33-25(34)39-26(14-38-15-26)18-3-2-4-20(11-18)36-13-22-21(24(36)37)9-17(10-23(22)27(29,30)31)12-35-7-5-19(28)6-8-35/h17-23,25,32-33H,2-16H2,1H3. The van der Waals surface area contributed by atoms with Crippen LogP contribution in [0.2, 0.25) is 0 Å². The van der Waals surface area contributed by atoms with Crippen LogP contribution < -0.4 is 10.9 Å². The summed E-state index contributed by atoms with van der Waals surface area (Å²) in [7, 11) is 1.96. The molecule has 0 aromatic heterocycles. The van der Waals surface area contributed by atoms with Crippen molar-refractivity contribution in [2.24, 2.45) is 29.6 Å². The molecule has 4 heterocycles. The molecule has 12 heteroatoms. The summed E-state index contributed by atoms with van der Waals surface area (Å²) < 4.78 is 68.7. The zero-order valence-electron chi connectivity index (χ0n) is 22.8. The summed E-state index contributed by atoms with van der Waals surface area (Å²) in [6, 6.07) is -0.0637. The number of fused-ring (bicyclic) bond motifs is 1. The van der Waals surface area contributed by atoms with Crippen LogP contribution in [0.3, 0.4) is 0 Å². The second-order valence-corrected chi connectivity index (χ2v) is 13.0. The topological polar surface area (TPSA) is 69.3 Å². The van der Waals surface area contributed by atoms with Crippen molar-refractivity contribution >= 4 is 5.91 Å². The van der Waals surface area contributed by atoms with Crippen molar-refractivity contribution in [1.29, 1.82) is 0 Å². The molecule has 7 atom stereocenters. The minimum Gasteiger partial charge on any atom is -0.375 e. The van der Waals surface area contributed by atoms with Gasteiger partial charge in [-0.1, -0.05) is 6.42 Å². The SMILES string of the molecule is CN1CNNC1OC1(C2CCCC(N3CC4C(CC(CN5CCC(F)CC5)CC4C(F)(F)F)C3=O)C2)COC1. The molecular formula is C27H43F4N5O3. The molecule has 1 amide bonds. The maximum absolute atomic E-state index is 14.3. The number of piperidine rings is 1. The van der Waals surface area contributed by atoms with E-state index in [2.05, 4.69) is 15.8 Å². The monoisotopic (exact) mass is 561 g/mol. The highest BCUT2D eigenvalue weighted by molar-refractivity contribution is 5.82. The molecule has 2 aliphatic carbocycles. The van der Waals surface area contributed by atoms with Crippen molar-refractivity contribution in [3.8, 4) is 0 Å². The minimum absolute atomic E-state index is 0.0637. The average Bonchev–Trinajstić information content (AvgIpc) is 3.44. The van der Waals surface area contributed by atoms with Crippen molar-refractivity contribution < 1.29 is 31.8 Å². The van der Waals surface area contributed by atoms with E-state index in [1.54, 1.807) is 0 Å². The third-order valence-corrected chi connectivity index (χ3v) is 10.5. The predicted molar refractivity (Wildman–Crippen MR) is 135 cm³/mol. The lowest BCUT2D eigenvalue weighted by molar-refractivity contribution is -0.280. The number of nitrogens with one attached hydrogen (secondary N) is 2. The number of hydrazine groups is 1. The molecule has 7 unspecified atom stereocenters. The Morgan fingerprint density at radius 2 is 1.87 bits per heavy atom. The normalized spacial score (nSPS) is 40.6. The van der Waals surface area contributed by atoms with Crippen molar-refractivity contribution in [2.45, 2.75) is 81.7 Å². The molecule has 2 saturated carbocycles. The summed E-state index contributed by atoms with van der Waals surface area (Å²) in [5.74, 6) is -2.81. The van der Waals surface area contributed by atoms with Gasteiger partial charge < -0.3 is 19.3 Å². The predicted octanol–water partition coefficient (Wildman–Crippen LogP) is 2.71. The molecule has 2 N–H and O–H groups in total. The van der Waals surface area contributed by atoms with Crippen LogP contribution in [0, 0.1) is 29.6 Å². The van der Waals surface area contributed by atoms with Crippen molar-refractivity contribution in [2.75, 3.05) is 53.1 Å². The summed E-state index contributed by atoms with van der Waals surface area (Å²) in [6.07, 6.45) is -0.523. The molecule has 6 aliphatic rings. The van der Waals surface area contributed by atoms with E-state index >= 15 is 0 Å². The number of carbonyl (C=O) groups is 1. The number of carbonyl (C=O) groups excluding carboxylic acids is 1. The van der Waals surface area contributed by atoms with Gasteiger partial charge in [0, 0.05) is 38.1 Å². The lowest BCUT2D eigenvalue weighted by Gasteiger charge is -2.51. The first-order chi connectivity index (χ1) is 18.6. The molecule has 0 bridgehead atoms. The quantitative estimate of drug-likeness (QED) is 0.484. The lowest BCUT2D eigenvalue weighted by Crippen LogP contribution is -2.63.